The number of fused-ring (bicyclic) bond motifs is 2. The van der Waals surface area contributed by atoms with Gasteiger partial charge in [0.25, 0.3) is 5.56 Å². The summed E-state index contributed by atoms with van der Waals surface area (Å²) in [5, 5.41) is 0.244. The van der Waals surface area contributed by atoms with E-state index in [1.165, 1.54) is 6.33 Å². The number of imidazole rings is 2. The summed E-state index contributed by atoms with van der Waals surface area (Å²) >= 11 is 6.00. The molecule has 2 aliphatic rings. The van der Waals surface area contributed by atoms with Gasteiger partial charge in [-0.25, -0.2) is 9.97 Å². The number of nitrogens with two attached hydrogens (primary N) is 2. The number of anilines is 2. The maximum absolute atomic E-state index is 12.1. The predicted octanol–water partition coefficient (Wildman–Crippen LogP) is 0.942. The van der Waals surface area contributed by atoms with Crippen LogP contribution in [0.25, 0.3) is 22.3 Å². The van der Waals surface area contributed by atoms with Crippen LogP contribution in [0.2, 0.25) is 5.15 Å². The highest BCUT2D eigenvalue weighted by molar-refractivity contribution is 7.62. The van der Waals surface area contributed by atoms with Crippen LogP contribution in [0.1, 0.15) is 25.7 Å². The van der Waals surface area contributed by atoms with Crippen molar-refractivity contribution in [3.8, 4) is 0 Å². The minimum absolute atomic E-state index is 0.00408. The molecule has 2 saturated heterocycles. The summed E-state index contributed by atoms with van der Waals surface area (Å²) in [6, 6.07) is 0. The van der Waals surface area contributed by atoms with E-state index in [0.29, 0.717) is 29.8 Å². The lowest BCUT2D eigenvalue weighted by molar-refractivity contribution is -0.204. The molecule has 0 saturated carbocycles. The van der Waals surface area contributed by atoms with Crippen LogP contribution >= 0.6 is 26.3 Å². The number of nitrogens with zero attached hydrogens (tertiary/aromatic N) is 7. The van der Waals surface area contributed by atoms with E-state index in [0.717, 1.165) is 12.8 Å². The fourth-order valence-corrected chi connectivity index (χ4v) is 7.20. The molecule has 5 atom stereocenters. The molecule has 17 nitrogen and oxygen atoms in total. The smallest absolute Gasteiger partial charge is 0.280 e. The van der Waals surface area contributed by atoms with Crippen molar-refractivity contribution >= 4 is 60.6 Å². The van der Waals surface area contributed by atoms with Crippen molar-refractivity contribution in [2.75, 3.05) is 24.8 Å². The SMILES string of the molecule is CP(C)(=O)[C@H]1CC[C@@H](Cn2cnc3c(Cl)nc(N)nc32)O1.Nc1nc2c(ncn2C[C@@H]2CC[C@H](P(=O)([O-])O)O2)c(=O)[nH]1. The first-order chi connectivity index (χ1) is 19.7. The minimum atomic E-state index is -4.49. The van der Waals surface area contributed by atoms with E-state index >= 15 is 0 Å². The van der Waals surface area contributed by atoms with Crippen molar-refractivity contribution in [2.45, 2.75) is 62.7 Å². The van der Waals surface area contributed by atoms with Crippen LogP contribution in [0.15, 0.2) is 17.4 Å². The standard InChI is InChI=1S/C12H17ClN5O2P.C10H14N5O5P/c1-21(2,19)8-4-3-7(20-8)5-18-6-15-9-10(13)16-12(14)17-11(9)18;11-10-13-8-7(9(16)14-10)12-4-15(8)3-5-1-2-6(20-5)21(17,18)19/h6-8H,3-5H2,1-2H3,(H2,14,16,17);4-6H,1-3H2,(H2,17,18,19)(H3,11,13,14,16)/p-1/t7-,8-;5-,6-/m00/s1. The molecule has 228 valence electrons. The Balaban J connectivity index is 0.000000168. The van der Waals surface area contributed by atoms with Crippen LogP contribution in [-0.4, -0.2) is 81.2 Å². The molecule has 0 amide bonds. The summed E-state index contributed by atoms with van der Waals surface area (Å²) in [5.74, 6) is -1.25. The molecule has 6 heterocycles. The molecular weight excluding hydrogens is 614 g/mol. The molecule has 0 radical (unpaired) electrons. The maximum atomic E-state index is 12.1. The van der Waals surface area contributed by atoms with E-state index in [4.69, 9.17) is 37.4 Å². The highest BCUT2D eigenvalue weighted by Gasteiger charge is 2.34. The first-order valence-electron chi connectivity index (χ1n) is 12.9. The van der Waals surface area contributed by atoms with Crippen LogP contribution in [0.4, 0.5) is 11.9 Å². The van der Waals surface area contributed by atoms with E-state index in [1.807, 2.05) is 4.57 Å². The molecule has 0 spiro atoms. The Bertz CT molecular complexity index is 1770. The van der Waals surface area contributed by atoms with E-state index in [2.05, 4.69) is 29.9 Å². The fraction of sp³-hybridized carbons (Fsp3) is 0.545. The van der Waals surface area contributed by atoms with Gasteiger partial charge in [0.1, 0.15) is 24.3 Å². The largest absolute Gasteiger partial charge is 0.777 e. The number of ether oxygens (including phenoxy) is 2. The van der Waals surface area contributed by atoms with Gasteiger partial charge in [0.05, 0.1) is 38.0 Å². The van der Waals surface area contributed by atoms with Gasteiger partial charge in [-0.2, -0.15) is 15.0 Å². The van der Waals surface area contributed by atoms with Crippen molar-refractivity contribution in [3.63, 3.8) is 0 Å². The summed E-state index contributed by atoms with van der Waals surface area (Å²) in [6.45, 7) is 4.38. The highest BCUT2D eigenvalue weighted by atomic mass is 35.5. The molecule has 2 aliphatic heterocycles. The van der Waals surface area contributed by atoms with Gasteiger partial charge in [-0.15, -0.1) is 0 Å². The van der Waals surface area contributed by atoms with Gasteiger partial charge < -0.3 is 49.0 Å². The molecular formula is C22H30ClN10O7P2-. The molecule has 6 rings (SSSR count). The van der Waals surface area contributed by atoms with Crippen molar-refractivity contribution in [2.24, 2.45) is 0 Å². The molecule has 4 aromatic rings. The van der Waals surface area contributed by atoms with E-state index in [1.54, 1.807) is 24.2 Å². The molecule has 4 aromatic heterocycles. The number of aromatic amines is 1. The number of nitrogens with one attached hydrogen (secondary N) is 1. The molecule has 20 heteroatoms. The number of halogens is 1. The van der Waals surface area contributed by atoms with Crippen molar-refractivity contribution < 1.29 is 28.4 Å². The zero-order valence-corrected chi connectivity index (χ0v) is 25.2. The Morgan fingerprint density at radius 1 is 0.976 bits per heavy atom. The number of rotatable bonds is 6. The van der Waals surface area contributed by atoms with Gasteiger partial charge in [-0.05, 0) is 39.0 Å². The van der Waals surface area contributed by atoms with Crippen LogP contribution in [0.3, 0.4) is 0 Å². The summed E-state index contributed by atoms with van der Waals surface area (Å²) in [5.41, 5.74) is 12.2. The molecule has 1 unspecified atom stereocenters. The van der Waals surface area contributed by atoms with Gasteiger partial charge >= 0.3 is 0 Å². The van der Waals surface area contributed by atoms with E-state index < -0.39 is 32.2 Å². The Kier molecular flexibility index (Phi) is 8.47. The zero-order chi connectivity index (χ0) is 30.4. The second kappa shape index (κ2) is 11.6. The normalized spacial score (nSPS) is 24.1. The monoisotopic (exact) mass is 643 g/mol. The molecule has 6 N–H and O–H groups in total. The third-order valence-corrected chi connectivity index (χ3v) is 10.1. The first kappa shape index (κ1) is 30.5. The molecule has 0 aromatic carbocycles. The van der Waals surface area contributed by atoms with E-state index in [9.17, 15) is 18.8 Å². The lowest BCUT2D eigenvalue weighted by atomic mass is 10.2. The lowest BCUT2D eigenvalue weighted by Crippen LogP contribution is -2.21. The van der Waals surface area contributed by atoms with Gasteiger partial charge in [0.2, 0.25) is 11.9 Å². The van der Waals surface area contributed by atoms with Crippen LogP contribution in [0.5, 0.6) is 0 Å². The molecule has 42 heavy (non-hydrogen) atoms. The maximum Gasteiger partial charge on any atom is 0.280 e. The van der Waals surface area contributed by atoms with Crippen molar-refractivity contribution in [1.82, 2.24) is 39.0 Å². The molecule has 0 bridgehead atoms. The predicted molar refractivity (Wildman–Crippen MR) is 152 cm³/mol. The number of nitrogen functional groups attached to an aromatic ring is 2. The van der Waals surface area contributed by atoms with E-state index in [-0.39, 0.29) is 47.5 Å². The zero-order valence-electron chi connectivity index (χ0n) is 22.7. The van der Waals surface area contributed by atoms with Gasteiger partial charge in [-0.1, -0.05) is 11.6 Å². The molecule has 2 fully saturated rings. The Morgan fingerprint density at radius 2 is 1.52 bits per heavy atom. The second-order valence-electron chi connectivity index (χ2n) is 10.5. The van der Waals surface area contributed by atoms with Gasteiger partial charge in [-0.3, -0.25) is 9.78 Å². The number of aromatic nitrogens is 8. The van der Waals surface area contributed by atoms with Crippen molar-refractivity contribution in [1.29, 1.82) is 0 Å². The lowest BCUT2D eigenvalue weighted by Gasteiger charge is -2.23. The highest BCUT2D eigenvalue weighted by Crippen LogP contribution is 2.49. The third-order valence-electron chi connectivity index (χ3n) is 6.96. The second-order valence-corrected chi connectivity index (χ2v) is 16.0. The molecule has 0 aliphatic carbocycles. The van der Waals surface area contributed by atoms with Crippen LogP contribution in [-0.2, 0) is 31.7 Å². The Labute approximate surface area is 243 Å². The first-order valence-corrected chi connectivity index (χ1v) is 17.6. The van der Waals surface area contributed by atoms with Gasteiger partial charge in [0, 0.05) is 0 Å². The summed E-state index contributed by atoms with van der Waals surface area (Å²) in [4.78, 5) is 54.2. The average molecular weight is 644 g/mol. The number of hydrogen-bond acceptors (Lipinski definition) is 13. The Morgan fingerprint density at radius 3 is 2.07 bits per heavy atom. The minimum Gasteiger partial charge on any atom is -0.777 e. The average Bonchev–Trinajstić information content (AvgIpc) is 3.67. The fourth-order valence-electron chi connectivity index (χ4n) is 4.94. The Hall–Kier alpha value is -2.91. The number of hydrogen-bond donors (Lipinski definition) is 4. The quantitative estimate of drug-likeness (QED) is 0.168. The van der Waals surface area contributed by atoms with Crippen molar-refractivity contribution in [3.05, 3.63) is 28.2 Å². The number of H-pyrrole nitrogens is 1. The van der Waals surface area contributed by atoms with Crippen LogP contribution < -0.4 is 21.9 Å². The van der Waals surface area contributed by atoms with Gasteiger partial charge in [0.15, 0.2) is 29.6 Å². The third kappa shape index (κ3) is 6.67. The topological polar surface area (TPSA) is 255 Å². The summed E-state index contributed by atoms with van der Waals surface area (Å²) in [7, 11) is -6.71. The summed E-state index contributed by atoms with van der Waals surface area (Å²) < 4.78 is 37.7. The van der Waals surface area contributed by atoms with Crippen LogP contribution in [0, 0.1) is 0 Å². The summed E-state index contributed by atoms with van der Waals surface area (Å²) in [6.07, 6.45) is 5.03.